The van der Waals surface area contributed by atoms with Crippen molar-refractivity contribution in [1.29, 1.82) is 0 Å². The summed E-state index contributed by atoms with van der Waals surface area (Å²) in [6.45, 7) is 0. The second-order valence-corrected chi connectivity index (χ2v) is 9.52. The van der Waals surface area contributed by atoms with E-state index in [2.05, 4.69) is 75.9 Å². The van der Waals surface area contributed by atoms with Gasteiger partial charge in [0.25, 0.3) is 0 Å². The van der Waals surface area contributed by atoms with E-state index in [9.17, 15) is 0 Å². The van der Waals surface area contributed by atoms with Gasteiger partial charge in [0.05, 0.1) is 16.5 Å². The van der Waals surface area contributed by atoms with Crippen molar-refractivity contribution in [3.05, 3.63) is 28.7 Å². The van der Waals surface area contributed by atoms with Gasteiger partial charge in [0.2, 0.25) is 0 Å². The van der Waals surface area contributed by atoms with Crippen LogP contribution in [0.25, 0.3) is 20.2 Å². The zero-order valence-electron chi connectivity index (χ0n) is 7.48. The Morgan fingerprint density at radius 2 is 1.06 bits per heavy atom. The van der Waals surface area contributed by atoms with E-state index in [-0.39, 0.29) is 0 Å². The fraction of sp³-hybridized carbons (Fsp3) is 0. The summed E-state index contributed by atoms with van der Waals surface area (Å²) >= 11 is 17.9. The lowest BCUT2D eigenvalue weighted by Crippen LogP contribution is -1.68. The Hall–Kier alpha value is 1.06. The van der Waals surface area contributed by atoms with Crippen LogP contribution < -0.4 is 0 Å². The smallest absolute Gasteiger partial charge is 0.0853 e. The average Bonchev–Trinajstić information content (AvgIpc) is 2.69. The van der Waals surface area contributed by atoms with E-state index in [4.69, 9.17) is 0 Å². The van der Waals surface area contributed by atoms with Crippen LogP contribution in [0.2, 0.25) is 0 Å². The highest BCUT2D eigenvalue weighted by Crippen LogP contribution is 2.48. The molecule has 6 heteroatoms. The van der Waals surface area contributed by atoms with Gasteiger partial charge in [0.1, 0.15) is 0 Å². The molecule has 82 valence electrons. The molecule has 1 aromatic carbocycles. The van der Waals surface area contributed by atoms with Crippen molar-refractivity contribution in [2.24, 2.45) is 0 Å². The first-order valence-electron chi connectivity index (χ1n) is 4.23. The first kappa shape index (κ1) is 12.1. The molecule has 0 spiro atoms. The Morgan fingerprint density at radius 1 is 0.688 bits per heavy atom. The van der Waals surface area contributed by atoms with Gasteiger partial charge in [-0.2, -0.15) is 0 Å². The minimum Gasteiger partial charge on any atom is -0.127 e. The molecule has 0 unspecified atom stereocenters. The van der Waals surface area contributed by atoms with Crippen molar-refractivity contribution in [2.45, 2.75) is 0 Å². The minimum absolute atomic E-state index is 1.14. The largest absolute Gasteiger partial charge is 0.127 e. The van der Waals surface area contributed by atoms with Gasteiger partial charge in [0.15, 0.2) is 0 Å². The number of hydrogen-bond acceptors (Lipinski definition) is 2. The molecule has 0 atom stereocenters. The van der Waals surface area contributed by atoms with E-state index in [1.165, 1.54) is 20.2 Å². The number of benzene rings is 1. The van der Waals surface area contributed by atoms with Crippen LogP contribution in [0.1, 0.15) is 0 Å². The van der Waals surface area contributed by atoms with Crippen molar-refractivity contribution >= 4 is 107 Å². The third-order valence-corrected chi connectivity index (χ3v) is 9.14. The van der Waals surface area contributed by atoms with Gasteiger partial charge in [-0.3, -0.25) is 0 Å². The second-order valence-electron chi connectivity index (χ2n) is 3.19. The maximum Gasteiger partial charge on any atom is 0.0853 e. The number of hydrogen-bond donors (Lipinski definition) is 0. The van der Waals surface area contributed by atoms with Crippen LogP contribution in [0.5, 0.6) is 0 Å². The lowest BCUT2D eigenvalue weighted by Gasteiger charge is -1.95. The van der Waals surface area contributed by atoms with Gasteiger partial charge in [0, 0.05) is 20.2 Å². The standard InChI is InChI=1S/C10H2Br4S2/c11-7-5-3(15-9(7)13)1-2-4-6(5)8(12)10(14)16-4/h1-2H. The summed E-state index contributed by atoms with van der Waals surface area (Å²) in [5.74, 6) is 0. The highest BCUT2D eigenvalue weighted by atomic mass is 79.9. The number of fused-ring (bicyclic) bond motifs is 3. The molecule has 3 aromatic rings. The third kappa shape index (κ3) is 1.68. The van der Waals surface area contributed by atoms with E-state index in [1.54, 1.807) is 22.7 Å². The molecule has 0 saturated heterocycles. The summed E-state index contributed by atoms with van der Waals surface area (Å²) in [6, 6.07) is 4.35. The van der Waals surface area contributed by atoms with Crippen LogP contribution in [0.3, 0.4) is 0 Å². The summed E-state index contributed by atoms with van der Waals surface area (Å²) < 4.78 is 7.15. The molecule has 0 aliphatic carbocycles. The molecule has 0 saturated carbocycles. The summed E-state index contributed by atoms with van der Waals surface area (Å²) in [5.41, 5.74) is 0. The van der Waals surface area contributed by atoms with Gasteiger partial charge < -0.3 is 0 Å². The Labute approximate surface area is 134 Å². The quantitative estimate of drug-likeness (QED) is 0.304. The fourth-order valence-electron chi connectivity index (χ4n) is 1.65. The van der Waals surface area contributed by atoms with Crippen LogP contribution in [0.4, 0.5) is 0 Å². The van der Waals surface area contributed by atoms with E-state index in [1.807, 2.05) is 0 Å². The van der Waals surface area contributed by atoms with Crippen molar-refractivity contribution in [1.82, 2.24) is 0 Å². The Bertz CT molecular complexity index is 649. The van der Waals surface area contributed by atoms with Gasteiger partial charge in [-0.1, -0.05) is 0 Å². The molecule has 2 aromatic heterocycles. The molecular weight excluding hydrogens is 504 g/mol. The molecule has 0 bridgehead atoms. The topological polar surface area (TPSA) is 0 Å². The van der Waals surface area contributed by atoms with Crippen LogP contribution in [0, 0.1) is 0 Å². The molecule has 0 aliphatic heterocycles. The Balaban J connectivity index is 2.66. The normalized spacial score (nSPS) is 11.8. The van der Waals surface area contributed by atoms with Gasteiger partial charge in [-0.05, 0) is 75.9 Å². The summed E-state index contributed by atoms with van der Waals surface area (Å²) in [5, 5.41) is 2.56. The van der Waals surface area contributed by atoms with Gasteiger partial charge in [-0.25, -0.2) is 0 Å². The molecule has 16 heavy (non-hydrogen) atoms. The number of thiophene rings is 2. The molecule has 0 fully saturated rings. The first-order chi connectivity index (χ1) is 7.59. The predicted molar refractivity (Wildman–Crippen MR) is 88.0 cm³/mol. The number of halogens is 4. The highest BCUT2D eigenvalue weighted by Gasteiger charge is 2.16. The zero-order chi connectivity index (χ0) is 11.4. The van der Waals surface area contributed by atoms with Crippen molar-refractivity contribution in [2.75, 3.05) is 0 Å². The summed E-state index contributed by atoms with van der Waals surface area (Å²) in [4.78, 5) is 0. The van der Waals surface area contributed by atoms with Crippen LogP contribution in [0.15, 0.2) is 28.7 Å². The summed E-state index contributed by atoms with van der Waals surface area (Å²) in [6.07, 6.45) is 0. The Kier molecular flexibility index (Phi) is 3.27. The molecule has 0 radical (unpaired) electrons. The maximum atomic E-state index is 3.65. The van der Waals surface area contributed by atoms with E-state index < -0.39 is 0 Å². The summed E-state index contributed by atoms with van der Waals surface area (Å²) in [7, 11) is 0. The lowest BCUT2D eigenvalue weighted by molar-refractivity contribution is 1.88. The minimum atomic E-state index is 1.14. The Morgan fingerprint density at radius 3 is 1.44 bits per heavy atom. The fourth-order valence-corrected chi connectivity index (χ4v) is 6.32. The molecular formula is C10H2Br4S2. The average molecular weight is 506 g/mol. The third-order valence-electron chi connectivity index (χ3n) is 2.31. The second kappa shape index (κ2) is 4.31. The van der Waals surface area contributed by atoms with Crippen molar-refractivity contribution < 1.29 is 0 Å². The van der Waals surface area contributed by atoms with Crippen LogP contribution in [-0.2, 0) is 0 Å². The van der Waals surface area contributed by atoms with E-state index in [0.717, 1.165) is 16.5 Å². The molecule has 3 rings (SSSR count). The molecule has 0 amide bonds. The van der Waals surface area contributed by atoms with Crippen molar-refractivity contribution in [3.8, 4) is 0 Å². The molecule has 0 N–H and O–H groups in total. The molecule has 2 heterocycles. The van der Waals surface area contributed by atoms with Gasteiger partial charge in [-0.15, -0.1) is 22.7 Å². The zero-order valence-corrected chi connectivity index (χ0v) is 15.5. The maximum absolute atomic E-state index is 3.65. The molecule has 0 nitrogen and oxygen atoms in total. The first-order valence-corrected chi connectivity index (χ1v) is 9.04. The van der Waals surface area contributed by atoms with E-state index >= 15 is 0 Å². The highest BCUT2D eigenvalue weighted by molar-refractivity contribution is 9.14. The van der Waals surface area contributed by atoms with E-state index in [0.29, 0.717) is 0 Å². The number of rotatable bonds is 0. The van der Waals surface area contributed by atoms with Crippen LogP contribution >= 0.6 is 86.4 Å². The predicted octanol–water partition coefficient (Wildman–Crippen LogP) is 7.17. The molecule has 0 aliphatic rings. The van der Waals surface area contributed by atoms with Gasteiger partial charge >= 0.3 is 0 Å². The SMILES string of the molecule is Brc1sc2ccc3sc(Br)c(Br)c3c2c1Br. The van der Waals surface area contributed by atoms with Crippen molar-refractivity contribution in [3.63, 3.8) is 0 Å². The van der Waals surface area contributed by atoms with Crippen LogP contribution in [-0.4, -0.2) is 0 Å². The monoisotopic (exact) mass is 502 g/mol. The lowest BCUT2D eigenvalue weighted by atomic mass is 10.2.